The van der Waals surface area contributed by atoms with Gasteiger partial charge >= 0.3 is 0 Å². The van der Waals surface area contributed by atoms with Crippen LogP contribution in [0.15, 0.2) is 75.1 Å². The van der Waals surface area contributed by atoms with Gasteiger partial charge in [-0.15, -0.1) is 17.9 Å². The lowest BCUT2D eigenvalue weighted by atomic mass is 9.96. The summed E-state index contributed by atoms with van der Waals surface area (Å²) in [6.07, 6.45) is 8.43. The molecule has 1 N–H and O–H groups in total. The Morgan fingerprint density at radius 1 is 1.32 bits per heavy atom. The first kappa shape index (κ1) is 35.6. The van der Waals surface area contributed by atoms with Gasteiger partial charge in [-0.25, -0.2) is 13.5 Å². The van der Waals surface area contributed by atoms with Crippen LogP contribution in [0.4, 0.5) is 0 Å². The molecule has 0 aliphatic carbocycles. The molecule has 220 valence electrons. The molecule has 1 aromatic carbocycles. The molecule has 2 amide bonds. The van der Waals surface area contributed by atoms with Crippen LogP contribution >= 0.6 is 27.3 Å². The molecule has 0 fully saturated rings. The van der Waals surface area contributed by atoms with Crippen molar-refractivity contribution in [2.45, 2.75) is 71.9 Å². The zero-order valence-corrected chi connectivity index (χ0v) is 27.9. The molecule has 0 saturated carbocycles. The van der Waals surface area contributed by atoms with Crippen molar-refractivity contribution in [2.75, 3.05) is 13.6 Å². The number of hydrogen-bond acceptors (Lipinski definition) is 5. The molecule has 0 saturated heterocycles. The highest BCUT2D eigenvalue weighted by atomic mass is 79.9. The average Bonchev–Trinajstić information content (AvgIpc) is 3.42. The number of amides is 2. The summed E-state index contributed by atoms with van der Waals surface area (Å²) in [4.78, 5) is 31.4. The molecular weight excluding hydrogens is 608 g/mol. The van der Waals surface area contributed by atoms with Gasteiger partial charge in [-0.05, 0) is 49.1 Å². The van der Waals surface area contributed by atoms with Crippen LogP contribution in [-0.4, -0.2) is 50.3 Å². The number of carbonyl (C=O) groups is 2. The van der Waals surface area contributed by atoms with Crippen LogP contribution in [0.3, 0.4) is 0 Å². The molecule has 0 bridgehead atoms. The van der Waals surface area contributed by atoms with Gasteiger partial charge in [0.05, 0.1) is 17.5 Å². The molecule has 0 spiro atoms. The summed E-state index contributed by atoms with van der Waals surface area (Å²) in [5.41, 5.74) is 2.16. The van der Waals surface area contributed by atoms with Gasteiger partial charge in [0.2, 0.25) is 6.41 Å². The number of carbonyl (C=O) groups excluding carboxylic acids is 2. The van der Waals surface area contributed by atoms with E-state index < -0.39 is 11.0 Å². The number of allylic oxidation sites excluding steroid dienone is 4. The SMILES string of the molecule is C=CC(C)C=CC1=C(C)N(C(=O)c2csc(CN(C)S(=O)c3ccc(Br)cc3)n2)CC(NC=O)C1.CC.CCC. The lowest BCUT2D eigenvalue weighted by Gasteiger charge is -2.34. The van der Waals surface area contributed by atoms with Crippen LogP contribution in [0.1, 0.15) is 69.9 Å². The number of nitrogens with zero attached hydrogens (tertiary/aromatic N) is 3. The second-order valence-electron chi connectivity index (χ2n) is 8.99. The molecule has 1 aliphatic rings. The molecule has 1 aromatic heterocycles. The standard InChI is InChI=1S/C25H29BrN4O3S2.C3H8.C2H6/c1-5-17(2)6-7-19-12-21(27-16-31)13-30(18(19)3)25(32)23-15-34-24(28-23)14-29(4)35(33)22-10-8-20(26)9-11-22;1-3-2;1-2/h5-11,15-17,21H,1,12-14H2,2-4H3,(H,27,31);3H2,1-2H3;1-2H3. The van der Waals surface area contributed by atoms with Crippen LogP contribution in [0.5, 0.6) is 0 Å². The first-order valence-corrected chi connectivity index (χ1v) is 16.3. The molecule has 2 aromatic rings. The van der Waals surface area contributed by atoms with E-state index in [4.69, 9.17) is 0 Å². The van der Waals surface area contributed by atoms with E-state index in [1.54, 1.807) is 21.6 Å². The molecule has 2 heterocycles. The van der Waals surface area contributed by atoms with Crippen molar-refractivity contribution >= 4 is 50.6 Å². The molecule has 10 heteroatoms. The zero-order valence-electron chi connectivity index (χ0n) is 24.6. The van der Waals surface area contributed by atoms with Gasteiger partial charge in [0.15, 0.2) is 0 Å². The molecule has 3 unspecified atom stereocenters. The fourth-order valence-electron chi connectivity index (χ4n) is 3.59. The summed E-state index contributed by atoms with van der Waals surface area (Å²) in [6.45, 7) is 16.7. The van der Waals surface area contributed by atoms with E-state index in [1.807, 2.05) is 70.2 Å². The van der Waals surface area contributed by atoms with Crippen molar-refractivity contribution in [1.29, 1.82) is 0 Å². The molecule has 0 radical (unpaired) electrons. The smallest absolute Gasteiger partial charge is 0.277 e. The molecular formula is C30H43BrN4O3S2. The number of aromatic nitrogens is 1. The maximum atomic E-state index is 13.4. The van der Waals surface area contributed by atoms with Gasteiger partial charge in [0.25, 0.3) is 5.91 Å². The summed E-state index contributed by atoms with van der Waals surface area (Å²) in [5, 5.41) is 5.24. The van der Waals surface area contributed by atoms with E-state index in [-0.39, 0.29) is 17.9 Å². The number of benzene rings is 1. The first-order valence-electron chi connectivity index (χ1n) is 13.5. The summed E-state index contributed by atoms with van der Waals surface area (Å²) in [6, 6.07) is 7.14. The van der Waals surface area contributed by atoms with E-state index >= 15 is 0 Å². The first-order chi connectivity index (χ1) is 19.1. The van der Waals surface area contributed by atoms with E-state index in [0.717, 1.165) is 15.7 Å². The number of halogens is 1. The second kappa shape index (κ2) is 18.9. The van der Waals surface area contributed by atoms with Gasteiger partial charge in [0.1, 0.15) is 21.7 Å². The van der Waals surface area contributed by atoms with Gasteiger partial charge in [-0.1, -0.05) is 75.2 Å². The maximum Gasteiger partial charge on any atom is 0.277 e. The minimum absolute atomic E-state index is 0.184. The van der Waals surface area contributed by atoms with Gasteiger partial charge < -0.3 is 10.2 Å². The predicted octanol–water partition coefficient (Wildman–Crippen LogP) is 7.12. The van der Waals surface area contributed by atoms with E-state index in [1.165, 1.54) is 17.8 Å². The van der Waals surface area contributed by atoms with Crippen molar-refractivity contribution in [3.63, 3.8) is 0 Å². The van der Waals surface area contributed by atoms with Gasteiger partial charge in [0, 0.05) is 29.1 Å². The van der Waals surface area contributed by atoms with Crippen molar-refractivity contribution < 1.29 is 13.8 Å². The molecule has 40 heavy (non-hydrogen) atoms. The van der Waals surface area contributed by atoms with E-state index in [0.29, 0.717) is 41.5 Å². The monoisotopic (exact) mass is 650 g/mol. The van der Waals surface area contributed by atoms with Gasteiger partial charge in [-0.2, -0.15) is 0 Å². The number of rotatable bonds is 10. The third-order valence-electron chi connectivity index (χ3n) is 5.69. The van der Waals surface area contributed by atoms with Crippen LogP contribution < -0.4 is 5.32 Å². The summed E-state index contributed by atoms with van der Waals surface area (Å²) >= 11 is 4.74. The Kier molecular flexibility index (Phi) is 16.8. The number of thiazole rings is 1. The Bertz CT molecular complexity index is 1180. The highest BCUT2D eigenvalue weighted by molar-refractivity contribution is 9.10. The number of hydrogen-bond donors (Lipinski definition) is 1. The minimum atomic E-state index is -1.35. The van der Waals surface area contributed by atoms with Crippen molar-refractivity contribution in [3.05, 3.63) is 80.9 Å². The van der Waals surface area contributed by atoms with Crippen molar-refractivity contribution in [2.24, 2.45) is 5.92 Å². The third kappa shape index (κ3) is 10.9. The zero-order chi connectivity index (χ0) is 30.2. The van der Waals surface area contributed by atoms with E-state index in [9.17, 15) is 13.8 Å². The molecule has 3 rings (SSSR count). The van der Waals surface area contributed by atoms with Gasteiger partial charge in [-0.3, -0.25) is 9.59 Å². The van der Waals surface area contributed by atoms with Crippen molar-refractivity contribution in [1.82, 2.24) is 19.5 Å². The highest BCUT2D eigenvalue weighted by Crippen LogP contribution is 2.26. The second-order valence-corrected chi connectivity index (χ2v) is 12.4. The van der Waals surface area contributed by atoms with Crippen molar-refractivity contribution in [3.8, 4) is 0 Å². The summed E-state index contributed by atoms with van der Waals surface area (Å²) in [7, 11) is 0.414. The normalized spacial score (nSPS) is 16.4. The lowest BCUT2D eigenvalue weighted by Crippen LogP contribution is -2.46. The predicted molar refractivity (Wildman–Crippen MR) is 171 cm³/mol. The van der Waals surface area contributed by atoms with Crippen LogP contribution in [0, 0.1) is 5.92 Å². The minimum Gasteiger partial charge on any atom is -0.354 e. The summed E-state index contributed by atoms with van der Waals surface area (Å²) in [5.74, 6) is -0.0262. The average molecular weight is 652 g/mol. The summed E-state index contributed by atoms with van der Waals surface area (Å²) < 4.78 is 15.4. The quantitative estimate of drug-likeness (QED) is 0.219. The Balaban J connectivity index is 0.00000150. The molecule has 3 atom stereocenters. The maximum absolute atomic E-state index is 13.4. The lowest BCUT2D eigenvalue weighted by molar-refractivity contribution is -0.110. The fraction of sp³-hybridized carbons (Fsp3) is 0.433. The largest absolute Gasteiger partial charge is 0.354 e. The Morgan fingerprint density at radius 3 is 2.52 bits per heavy atom. The Labute approximate surface area is 255 Å². The topological polar surface area (TPSA) is 82.6 Å². The highest BCUT2D eigenvalue weighted by Gasteiger charge is 2.29. The Hall–Kier alpha value is -2.40. The third-order valence-corrected chi connectivity index (χ3v) is 8.42. The molecule has 1 aliphatic heterocycles. The fourth-order valence-corrected chi connectivity index (χ4v) is 5.72. The Morgan fingerprint density at radius 2 is 1.95 bits per heavy atom. The van der Waals surface area contributed by atoms with Crippen LogP contribution in [0.2, 0.25) is 0 Å². The van der Waals surface area contributed by atoms with Crippen LogP contribution in [-0.2, 0) is 22.3 Å². The molecule has 7 nitrogen and oxygen atoms in total. The van der Waals surface area contributed by atoms with Crippen LogP contribution in [0.25, 0.3) is 0 Å². The number of nitrogens with one attached hydrogen (secondary N) is 1. The van der Waals surface area contributed by atoms with E-state index in [2.05, 4.69) is 46.7 Å².